The third-order valence-corrected chi connectivity index (χ3v) is 6.29. The van der Waals surface area contributed by atoms with Crippen molar-refractivity contribution >= 4 is 17.9 Å². The molecule has 1 saturated carbocycles. The van der Waals surface area contributed by atoms with Crippen LogP contribution in [0.3, 0.4) is 0 Å². The Morgan fingerprint density at radius 3 is 2.50 bits per heavy atom. The van der Waals surface area contributed by atoms with Gasteiger partial charge < -0.3 is 15.5 Å². The number of piperidine rings is 1. The molecule has 2 heterocycles. The molecule has 3 fully saturated rings. The third-order valence-electron chi connectivity index (χ3n) is 6.29. The number of hydrogen-bond donors (Lipinski definition) is 3. The van der Waals surface area contributed by atoms with Crippen LogP contribution in [0.4, 0.5) is 4.79 Å². The number of rotatable bonds is 5. The first-order valence-corrected chi connectivity index (χ1v) is 10.2. The number of urea groups is 1. The lowest BCUT2D eigenvalue weighted by Crippen LogP contribution is -2.55. The Morgan fingerprint density at radius 2 is 1.92 bits per heavy atom. The molecule has 0 spiro atoms. The van der Waals surface area contributed by atoms with Gasteiger partial charge in [-0.05, 0) is 44.9 Å². The summed E-state index contributed by atoms with van der Waals surface area (Å²) in [5.74, 6) is 1.82. The zero-order valence-electron chi connectivity index (χ0n) is 16.1. The molecule has 7 heteroatoms. The standard InChI is InChI=1S/C19H33N5O2/c1-3-20-17(21-11-8-14-6-4-5-7-14)24-12-9-15(10-13-24)19(2)16(25)22-18(26)23-19/h14-15H,3-13H2,1-2H3,(H,20,21)(H2,22,23,25,26). The van der Waals surface area contributed by atoms with Crippen molar-refractivity contribution in [3.8, 4) is 0 Å². The fourth-order valence-electron chi connectivity index (χ4n) is 4.59. The van der Waals surface area contributed by atoms with Crippen LogP contribution in [0.1, 0.15) is 58.8 Å². The Bertz CT molecular complexity index is 550. The number of aliphatic imine (C=N–C) groups is 1. The van der Waals surface area contributed by atoms with Gasteiger partial charge in [-0.3, -0.25) is 15.1 Å². The molecular formula is C19H33N5O2. The summed E-state index contributed by atoms with van der Waals surface area (Å²) >= 11 is 0. The zero-order chi connectivity index (χ0) is 18.6. The normalized spacial score (nSPS) is 28.4. The van der Waals surface area contributed by atoms with Gasteiger partial charge in [0.05, 0.1) is 0 Å². The van der Waals surface area contributed by atoms with E-state index in [2.05, 4.69) is 27.8 Å². The highest BCUT2D eigenvalue weighted by atomic mass is 16.2. The lowest BCUT2D eigenvalue weighted by molar-refractivity contribution is -0.125. The van der Waals surface area contributed by atoms with Crippen LogP contribution in [0.15, 0.2) is 4.99 Å². The number of carbonyl (C=O) groups is 2. The number of likely N-dealkylation sites (tertiary alicyclic amines) is 1. The SMILES string of the molecule is CCNC(=NCCC1CCCC1)N1CCC(C2(C)NC(=O)NC2=O)CC1. The van der Waals surface area contributed by atoms with Gasteiger partial charge in [0.1, 0.15) is 5.54 Å². The first kappa shape index (κ1) is 19.0. The predicted octanol–water partition coefficient (Wildman–Crippen LogP) is 1.84. The van der Waals surface area contributed by atoms with Crippen LogP contribution in [0.5, 0.6) is 0 Å². The van der Waals surface area contributed by atoms with E-state index in [0.29, 0.717) is 0 Å². The minimum absolute atomic E-state index is 0.159. The van der Waals surface area contributed by atoms with Gasteiger partial charge in [-0.15, -0.1) is 0 Å². The summed E-state index contributed by atoms with van der Waals surface area (Å²) in [6, 6.07) is -0.373. The van der Waals surface area contributed by atoms with Crippen molar-refractivity contribution in [2.45, 2.75) is 64.3 Å². The molecule has 2 aliphatic heterocycles. The molecule has 0 radical (unpaired) electrons. The van der Waals surface area contributed by atoms with Crippen LogP contribution < -0.4 is 16.0 Å². The van der Waals surface area contributed by atoms with E-state index in [4.69, 9.17) is 4.99 Å². The van der Waals surface area contributed by atoms with E-state index in [0.717, 1.165) is 50.9 Å². The second kappa shape index (κ2) is 8.27. The predicted molar refractivity (Wildman–Crippen MR) is 102 cm³/mol. The van der Waals surface area contributed by atoms with Gasteiger partial charge in [0.15, 0.2) is 5.96 Å². The van der Waals surface area contributed by atoms with E-state index < -0.39 is 5.54 Å². The lowest BCUT2D eigenvalue weighted by atomic mass is 9.79. The number of imide groups is 1. The third kappa shape index (κ3) is 4.13. The summed E-state index contributed by atoms with van der Waals surface area (Å²) in [7, 11) is 0. The number of hydrogen-bond acceptors (Lipinski definition) is 3. The first-order valence-electron chi connectivity index (χ1n) is 10.2. The summed E-state index contributed by atoms with van der Waals surface area (Å²) in [6.45, 7) is 7.41. The van der Waals surface area contributed by atoms with Crippen LogP contribution in [0.2, 0.25) is 0 Å². The van der Waals surface area contributed by atoms with Crippen molar-refractivity contribution in [1.82, 2.24) is 20.9 Å². The van der Waals surface area contributed by atoms with E-state index in [1.807, 2.05) is 6.92 Å². The van der Waals surface area contributed by atoms with Crippen molar-refractivity contribution < 1.29 is 9.59 Å². The first-order chi connectivity index (χ1) is 12.5. The maximum Gasteiger partial charge on any atom is 0.322 e. The maximum absolute atomic E-state index is 12.1. The number of guanidine groups is 1. The van der Waals surface area contributed by atoms with Gasteiger partial charge in [0.25, 0.3) is 5.91 Å². The van der Waals surface area contributed by atoms with E-state index in [1.165, 1.54) is 32.1 Å². The summed E-state index contributed by atoms with van der Waals surface area (Å²) < 4.78 is 0. The minimum atomic E-state index is -0.777. The van der Waals surface area contributed by atoms with Gasteiger partial charge in [-0.2, -0.15) is 0 Å². The molecule has 3 amide bonds. The average Bonchev–Trinajstić information content (AvgIpc) is 3.23. The van der Waals surface area contributed by atoms with Crippen LogP contribution in [-0.2, 0) is 4.79 Å². The van der Waals surface area contributed by atoms with E-state index >= 15 is 0 Å². The molecular weight excluding hydrogens is 330 g/mol. The second-order valence-corrected chi connectivity index (χ2v) is 8.05. The summed E-state index contributed by atoms with van der Waals surface area (Å²) in [5, 5.41) is 8.61. The van der Waals surface area contributed by atoms with Crippen LogP contribution in [0, 0.1) is 11.8 Å². The van der Waals surface area contributed by atoms with E-state index in [9.17, 15) is 9.59 Å². The average molecular weight is 364 g/mol. The Balaban J connectivity index is 1.54. The highest BCUT2D eigenvalue weighted by Crippen LogP contribution is 2.31. The maximum atomic E-state index is 12.1. The van der Waals surface area contributed by atoms with Gasteiger partial charge in [0.2, 0.25) is 0 Å². The van der Waals surface area contributed by atoms with Crippen molar-refractivity contribution in [3.63, 3.8) is 0 Å². The fraction of sp³-hybridized carbons (Fsp3) is 0.842. The summed E-state index contributed by atoms with van der Waals surface area (Å²) in [5.41, 5.74) is -0.777. The molecule has 1 unspecified atom stereocenters. The summed E-state index contributed by atoms with van der Waals surface area (Å²) in [6.07, 6.45) is 8.42. The Morgan fingerprint density at radius 1 is 1.23 bits per heavy atom. The molecule has 7 nitrogen and oxygen atoms in total. The van der Waals surface area contributed by atoms with Gasteiger partial charge in [-0.25, -0.2) is 4.79 Å². The molecule has 0 aromatic rings. The molecule has 3 rings (SSSR count). The highest BCUT2D eigenvalue weighted by molar-refractivity contribution is 6.07. The second-order valence-electron chi connectivity index (χ2n) is 8.05. The number of nitrogens with one attached hydrogen (secondary N) is 3. The van der Waals surface area contributed by atoms with Gasteiger partial charge >= 0.3 is 6.03 Å². The molecule has 1 atom stereocenters. The van der Waals surface area contributed by atoms with Crippen LogP contribution >= 0.6 is 0 Å². The Kier molecular flexibility index (Phi) is 6.04. The lowest BCUT2D eigenvalue weighted by Gasteiger charge is -2.39. The highest BCUT2D eigenvalue weighted by Gasteiger charge is 2.48. The number of amides is 3. The van der Waals surface area contributed by atoms with Crippen molar-refractivity contribution in [3.05, 3.63) is 0 Å². The Hall–Kier alpha value is -1.79. The van der Waals surface area contributed by atoms with Crippen molar-refractivity contribution in [1.29, 1.82) is 0 Å². The Labute approximate surface area is 156 Å². The molecule has 3 aliphatic rings. The number of carbonyl (C=O) groups excluding carboxylic acids is 2. The smallest absolute Gasteiger partial charge is 0.322 e. The largest absolute Gasteiger partial charge is 0.357 e. The zero-order valence-corrected chi connectivity index (χ0v) is 16.1. The molecule has 0 aromatic carbocycles. The van der Waals surface area contributed by atoms with Crippen LogP contribution in [0.25, 0.3) is 0 Å². The van der Waals surface area contributed by atoms with Crippen LogP contribution in [-0.4, -0.2) is 54.5 Å². The van der Waals surface area contributed by atoms with E-state index in [-0.39, 0.29) is 17.9 Å². The monoisotopic (exact) mass is 363 g/mol. The van der Waals surface area contributed by atoms with E-state index in [1.54, 1.807) is 0 Å². The molecule has 2 saturated heterocycles. The molecule has 1 aliphatic carbocycles. The fourth-order valence-corrected chi connectivity index (χ4v) is 4.59. The van der Waals surface area contributed by atoms with Crippen molar-refractivity contribution in [2.24, 2.45) is 16.8 Å². The number of nitrogens with zero attached hydrogens (tertiary/aromatic N) is 2. The van der Waals surface area contributed by atoms with Crippen molar-refractivity contribution in [2.75, 3.05) is 26.2 Å². The molecule has 0 aromatic heterocycles. The molecule has 0 bridgehead atoms. The quantitative estimate of drug-likeness (QED) is 0.395. The van der Waals surface area contributed by atoms with Gasteiger partial charge in [-0.1, -0.05) is 25.7 Å². The summed E-state index contributed by atoms with van der Waals surface area (Å²) in [4.78, 5) is 30.8. The minimum Gasteiger partial charge on any atom is -0.357 e. The topological polar surface area (TPSA) is 85.8 Å². The molecule has 146 valence electrons. The molecule has 3 N–H and O–H groups in total. The van der Waals surface area contributed by atoms with Gasteiger partial charge in [0, 0.05) is 26.2 Å². The molecule has 26 heavy (non-hydrogen) atoms.